The summed E-state index contributed by atoms with van der Waals surface area (Å²) in [6.07, 6.45) is 1.25. The van der Waals surface area contributed by atoms with Gasteiger partial charge in [0.15, 0.2) is 0 Å². The SMILES string of the molecule is CC1CCN(C(=O)Nc2ccc(Cl)c(Cl)c2)C(C(=O)O)C1. The number of hydrogen-bond donors (Lipinski definition) is 2. The summed E-state index contributed by atoms with van der Waals surface area (Å²) in [5.74, 6) is -0.689. The van der Waals surface area contributed by atoms with Crippen molar-refractivity contribution in [2.45, 2.75) is 25.8 Å². The van der Waals surface area contributed by atoms with Crippen LogP contribution in [0.4, 0.5) is 10.5 Å². The third kappa shape index (κ3) is 3.80. The van der Waals surface area contributed by atoms with Gasteiger partial charge >= 0.3 is 12.0 Å². The van der Waals surface area contributed by atoms with Gasteiger partial charge in [-0.3, -0.25) is 0 Å². The van der Waals surface area contributed by atoms with Gasteiger partial charge in [0.05, 0.1) is 10.0 Å². The lowest BCUT2D eigenvalue weighted by atomic mass is 9.93. The van der Waals surface area contributed by atoms with E-state index in [0.29, 0.717) is 34.6 Å². The zero-order chi connectivity index (χ0) is 15.6. The van der Waals surface area contributed by atoms with Gasteiger partial charge in [0.2, 0.25) is 0 Å². The van der Waals surface area contributed by atoms with Crippen LogP contribution in [-0.2, 0) is 4.79 Å². The number of nitrogens with one attached hydrogen (secondary N) is 1. The minimum Gasteiger partial charge on any atom is -0.480 e. The van der Waals surface area contributed by atoms with Gasteiger partial charge in [0.25, 0.3) is 0 Å². The van der Waals surface area contributed by atoms with E-state index in [9.17, 15) is 14.7 Å². The second kappa shape index (κ2) is 6.54. The average Bonchev–Trinajstić information content (AvgIpc) is 2.42. The van der Waals surface area contributed by atoms with Crippen LogP contribution in [0.25, 0.3) is 0 Å². The first kappa shape index (κ1) is 15.9. The van der Waals surface area contributed by atoms with E-state index in [-0.39, 0.29) is 0 Å². The molecule has 0 spiro atoms. The zero-order valence-corrected chi connectivity index (χ0v) is 13.0. The van der Waals surface area contributed by atoms with E-state index >= 15 is 0 Å². The molecule has 0 aromatic heterocycles. The number of carboxylic acids is 1. The van der Waals surface area contributed by atoms with Gasteiger partial charge in [-0.15, -0.1) is 0 Å². The van der Waals surface area contributed by atoms with Crippen molar-refractivity contribution in [3.8, 4) is 0 Å². The molecule has 1 fully saturated rings. The predicted octanol–water partition coefficient (Wildman–Crippen LogP) is 3.71. The number of urea groups is 1. The molecule has 114 valence electrons. The lowest BCUT2D eigenvalue weighted by molar-refractivity contribution is -0.143. The van der Waals surface area contributed by atoms with E-state index in [1.807, 2.05) is 6.92 Å². The highest BCUT2D eigenvalue weighted by molar-refractivity contribution is 6.42. The molecule has 2 rings (SSSR count). The van der Waals surface area contributed by atoms with Crippen LogP contribution in [0.3, 0.4) is 0 Å². The number of benzene rings is 1. The summed E-state index contributed by atoms with van der Waals surface area (Å²) in [5.41, 5.74) is 0.483. The first-order valence-electron chi connectivity index (χ1n) is 6.64. The number of carbonyl (C=O) groups is 2. The Kier molecular flexibility index (Phi) is 4.96. The molecule has 2 unspecified atom stereocenters. The summed E-state index contributed by atoms with van der Waals surface area (Å²) in [4.78, 5) is 24.9. The lowest BCUT2D eigenvalue weighted by Crippen LogP contribution is -2.51. The normalized spacial score (nSPS) is 22.0. The number of amides is 2. The van der Waals surface area contributed by atoms with Crippen molar-refractivity contribution in [1.82, 2.24) is 4.90 Å². The monoisotopic (exact) mass is 330 g/mol. The molecule has 21 heavy (non-hydrogen) atoms. The molecule has 2 atom stereocenters. The molecule has 0 aliphatic carbocycles. The second-order valence-electron chi connectivity index (χ2n) is 5.24. The first-order chi connectivity index (χ1) is 9.88. The summed E-state index contributed by atoms with van der Waals surface area (Å²) >= 11 is 11.7. The Bertz CT molecular complexity index is 565. The molecule has 0 saturated carbocycles. The molecule has 2 N–H and O–H groups in total. The number of hydrogen-bond acceptors (Lipinski definition) is 2. The van der Waals surface area contributed by atoms with E-state index in [2.05, 4.69) is 5.32 Å². The summed E-state index contributed by atoms with van der Waals surface area (Å²) in [7, 11) is 0. The Morgan fingerprint density at radius 1 is 1.33 bits per heavy atom. The number of carboxylic acid groups (broad SMARTS) is 1. The molecule has 1 heterocycles. The molecule has 0 radical (unpaired) electrons. The van der Waals surface area contributed by atoms with Crippen molar-refractivity contribution in [2.75, 3.05) is 11.9 Å². The van der Waals surface area contributed by atoms with Crippen LogP contribution in [0, 0.1) is 5.92 Å². The standard InChI is InChI=1S/C14H16Cl2N2O3/c1-8-4-5-18(12(6-8)13(19)20)14(21)17-9-2-3-10(15)11(16)7-9/h2-3,7-8,12H,4-6H2,1H3,(H,17,21)(H,19,20). The van der Waals surface area contributed by atoms with Gasteiger partial charge in [-0.1, -0.05) is 30.1 Å². The summed E-state index contributed by atoms with van der Waals surface area (Å²) < 4.78 is 0. The van der Waals surface area contributed by atoms with Gasteiger partial charge in [0.1, 0.15) is 6.04 Å². The quantitative estimate of drug-likeness (QED) is 0.868. The number of carbonyl (C=O) groups excluding carboxylic acids is 1. The highest BCUT2D eigenvalue weighted by atomic mass is 35.5. The van der Waals surface area contributed by atoms with Gasteiger partial charge in [-0.2, -0.15) is 0 Å². The number of halogens is 2. The minimum atomic E-state index is -0.981. The van der Waals surface area contributed by atoms with Crippen molar-refractivity contribution >= 4 is 40.9 Å². The van der Waals surface area contributed by atoms with Crippen molar-refractivity contribution in [3.63, 3.8) is 0 Å². The van der Waals surface area contributed by atoms with Crippen molar-refractivity contribution in [2.24, 2.45) is 5.92 Å². The Balaban J connectivity index is 2.10. The molecule has 5 nitrogen and oxygen atoms in total. The van der Waals surface area contributed by atoms with Crippen molar-refractivity contribution in [3.05, 3.63) is 28.2 Å². The third-order valence-electron chi connectivity index (χ3n) is 3.58. The van der Waals surface area contributed by atoms with Crippen LogP contribution < -0.4 is 5.32 Å². The second-order valence-corrected chi connectivity index (χ2v) is 6.05. The summed E-state index contributed by atoms with van der Waals surface area (Å²) in [6.45, 7) is 2.41. The molecule has 1 aliphatic rings. The smallest absolute Gasteiger partial charge is 0.326 e. The first-order valence-corrected chi connectivity index (χ1v) is 7.39. The maximum atomic E-state index is 12.3. The number of rotatable bonds is 2. The highest BCUT2D eigenvalue weighted by Gasteiger charge is 2.34. The molecule has 1 aromatic carbocycles. The van der Waals surface area contributed by atoms with Crippen LogP contribution in [0.5, 0.6) is 0 Å². The number of likely N-dealkylation sites (tertiary alicyclic amines) is 1. The fraction of sp³-hybridized carbons (Fsp3) is 0.429. The zero-order valence-electron chi connectivity index (χ0n) is 11.5. The maximum Gasteiger partial charge on any atom is 0.326 e. The van der Waals surface area contributed by atoms with E-state index in [1.54, 1.807) is 12.1 Å². The predicted molar refractivity (Wildman–Crippen MR) is 82.0 cm³/mol. The Labute approximate surface area is 132 Å². The van der Waals surface area contributed by atoms with Gasteiger partial charge in [0, 0.05) is 12.2 Å². The largest absolute Gasteiger partial charge is 0.480 e. The van der Waals surface area contributed by atoms with E-state index in [0.717, 1.165) is 6.42 Å². The van der Waals surface area contributed by atoms with Crippen LogP contribution >= 0.6 is 23.2 Å². The van der Waals surface area contributed by atoms with Crippen LogP contribution in [0.1, 0.15) is 19.8 Å². The van der Waals surface area contributed by atoms with Crippen LogP contribution in [0.2, 0.25) is 10.0 Å². The van der Waals surface area contributed by atoms with Crippen molar-refractivity contribution in [1.29, 1.82) is 0 Å². The molecular formula is C14H16Cl2N2O3. The molecule has 2 amide bonds. The summed E-state index contributed by atoms with van der Waals surface area (Å²) in [6, 6.07) is 3.50. The Morgan fingerprint density at radius 2 is 2.05 bits per heavy atom. The number of anilines is 1. The van der Waals surface area contributed by atoms with Gasteiger partial charge in [-0.25, -0.2) is 9.59 Å². The van der Waals surface area contributed by atoms with E-state index in [1.165, 1.54) is 11.0 Å². The van der Waals surface area contributed by atoms with Gasteiger partial charge in [-0.05, 0) is 37.0 Å². The number of nitrogens with zero attached hydrogens (tertiary/aromatic N) is 1. The Morgan fingerprint density at radius 3 is 2.67 bits per heavy atom. The molecule has 1 aliphatic heterocycles. The van der Waals surface area contributed by atoms with Crippen LogP contribution in [0.15, 0.2) is 18.2 Å². The fourth-order valence-corrected chi connectivity index (χ4v) is 2.69. The minimum absolute atomic E-state index is 0.292. The molecule has 7 heteroatoms. The molecule has 1 aromatic rings. The average molecular weight is 331 g/mol. The van der Waals surface area contributed by atoms with Crippen molar-refractivity contribution < 1.29 is 14.7 Å². The molecular weight excluding hydrogens is 315 g/mol. The number of aliphatic carboxylic acids is 1. The number of piperidine rings is 1. The topological polar surface area (TPSA) is 69.6 Å². The summed E-state index contributed by atoms with van der Waals surface area (Å²) in [5, 5.41) is 12.6. The van der Waals surface area contributed by atoms with E-state index < -0.39 is 18.0 Å². The third-order valence-corrected chi connectivity index (χ3v) is 4.32. The maximum absolute atomic E-state index is 12.3. The molecule has 0 bridgehead atoms. The van der Waals surface area contributed by atoms with E-state index in [4.69, 9.17) is 23.2 Å². The molecule has 1 saturated heterocycles. The lowest BCUT2D eigenvalue weighted by Gasteiger charge is -2.35. The van der Waals surface area contributed by atoms with Gasteiger partial charge < -0.3 is 15.3 Å². The fourth-order valence-electron chi connectivity index (χ4n) is 2.39. The van der Waals surface area contributed by atoms with Crippen LogP contribution in [-0.4, -0.2) is 34.6 Å². The highest BCUT2D eigenvalue weighted by Crippen LogP contribution is 2.27. The Hall–Kier alpha value is -1.46.